The van der Waals surface area contributed by atoms with Crippen molar-refractivity contribution in [1.82, 2.24) is 0 Å². The molecule has 0 saturated carbocycles. The molecule has 1 N–H and O–H groups in total. The predicted molar refractivity (Wildman–Crippen MR) is 78.5 cm³/mol. The zero-order valence-electron chi connectivity index (χ0n) is 10.2. The Labute approximate surface area is 120 Å². The van der Waals surface area contributed by atoms with Crippen LogP contribution in [0.4, 0.5) is 4.39 Å². The van der Waals surface area contributed by atoms with Gasteiger partial charge in [-0.3, -0.25) is 0 Å². The lowest BCUT2D eigenvalue weighted by Crippen LogP contribution is -2.20. The quantitative estimate of drug-likeness (QED) is 0.898. The highest BCUT2D eigenvalue weighted by Gasteiger charge is 2.18. The molecule has 1 aromatic carbocycles. The number of hydrogen-bond acceptors (Lipinski definition) is 2. The monoisotopic (exact) mass is 332 g/mol. The van der Waals surface area contributed by atoms with Crippen LogP contribution in [-0.2, 0) is 6.42 Å². The molecule has 2 rings (SSSR count). The molecule has 1 heterocycles. The van der Waals surface area contributed by atoms with Crippen LogP contribution in [0.15, 0.2) is 22.7 Å². The average Bonchev–Trinajstić information content (AvgIpc) is 2.34. The molecule has 100 valence electrons. The summed E-state index contributed by atoms with van der Waals surface area (Å²) in [5, 5.41) is 10.1. The van der Waals surface area contributed by atoms with Gasteiger partial charge in [0.15, 0.2) is 0 Å². The molecule has 0 bridgehead atoms. The molecule has 0 amide bonds. The molecule has 1 saturated heterocycles. The maximum Gasteiger partial charge on any atom is 0.127 e. The van der Waals surface area contributed by atoms with Gasteiger partial charge >= 0.3 is 0 Å². The molecule has 18 heavy (non-hydrogen) atoms. The number of rotatable bonds is 4. The molecule has 1 unspecified atom stereocenters. The van der Waals surface area contributed by atoms with Gasteiger partial charge in [-0.15, -0.1) is 0 Å². The topological polar surface area (TPSA) is 20.2 Å². The molecular weight excluding hydrogens is 315 g/mol. The van der Waals surface area contributed by atoms with Crippen LogP contribution >= 0.6 is 27.7 Å². The van der Waals surface area contributed by atoms with Crippen molar-refractivity contribution < 1.29 is 9.50 Å². The molecular formula is C14H18BrFOS. The Bertz CT molecular complexity index is 393. The van der Waals surface area contributed by atoms with Crippen LogP contribution < -0.4 is 0 Å². The van der Waals surface area contributed by atoms with E-state index in [0.717, 1.165) is 10.9 Å². The van der Waals surface area contributed by atoms with Gasteiger partial charge in [-0.2, -0.15) is 11.8 Å². The zero-order valence-corrected chi connectivity index (χ0v) is 12.6. The Morgan fingerprint density at radius 2 is 2.11 bits per heavy atom. The second-order valence-electron chi connectivity index (χ2n) is 4.89. The molecule has 0 aliphatic carbocycles. The van der Waals surface area contributed by atoms with Crippen LogP contribution in [0.3, 0.4) is 0 Å². The van der Waals surface area contributed by atoms with E-state index >= 15 is 0 Å². The molecule has 1 aromatic rings. The first-order chi connectivity index (χ1) is 8.65. The lowest BCUT2D eigenvalue weighted by atomic mass is 9.93. The van der Waals surface area contributed by atoms with Crippen molar-refractivity contribution in [2.24, 2.45) is 5.92 Å². The molecule has 4 heteroatoms. The number of thioether (sulfide) groups is 1. The highest BCUT2D eigenvalue weighted by atomic mass is 79.9. The number of aliphatic hydroxyl groups excluding tert-OH is 1. The minimum absolute atomic E-state index is 0.234. The number of aliphatic hydroxyl groups is 1. The molecule has 0 radical (unpaired) electrons. The van der Waals surface area contributed by atoms with Crippen LogP contribution in [-0.4, -0.2) is 22.7 Å². The number of halogens is 2. The summed E-state index contributed by atoms with van der Waals surface area (Å²) >= 11 is 5.22. The van der Waals surface area contributed by atoms with Gasteiger partial charge < -0.3 is 5.11 Å². The van der Waals surface area contributed by atoms with E-state index in [-0.39, 0.29) is 5.82 Å². The summed E-state index contributed by atoms with van der Waals surface area (Å²) in [6.07, 6.45) is 3.17. The lowest BCUT2D eigenvalue weighted by Gasteiger charge is -2.23. The summed E-state index contributed by atoms with van der Waals surface area (Å²) < 4.78 is 14.4. The Balaban J connectivity index is 1.87. The molecule has 1 fully saturated rings. The Kier molecular flexibility index (Phi) is 5.52. The van der Waals surface area contributed by atoms with Crippen LogP contribution in [0.1, 0.15) is 24.8 Å². The standard InChI is InChI=1S/C14H18BrFOS/c15-12-2-1-11(14(16)9-12)8-13(17)7-10-3-5-18-6-4-10/h1-2,9-10,13,17H,3-8H2. The third kappa shape index (κ3) is 4.25. The van der Waals surface area contributed by atoms with E-state index in [2.05, 4.69) is 15.9 Å². The van der Waals surface area contributed by atoms with E-state index in [0.29, 0.717) is 17.9 Å². The average molecular weight is 333 g/mol. The molecule has 1 aliphatic heterocycles. The van der Waals surface area contributed by atoms with Crippen molar-refractivity contribution in [3.8, 4) is 0 Å². The van der Waals surface area contributed by atoms with Crippen molar-refractivity contribution in [2.75, 3.05) is 11.5 Å². The summed E-state index contributed by atoms with van der Waals surface area (Å²) in [5.41, 5.74) is 0.607. The van der Waals surface area contributed by atoms with Crippen LogP contribution in [0.2, 0.25) is 0 Å². The van der Waals surface area contributed by atoms with Crippen LogP contribution in [0.25, 0.3) is 0 Å². The second-order valence-corrected chi connectivity index (χ2v) is 7.03. The van der Waals surface area contributed by atoms with Gasteiger partial charge in [0.05, 0.1) is 6.10 Å². The van der Waals surface area contributed by atoms with E-state index in [1.54, 1.807) is 6.07 Å². The highest BCUT2D eigenvalue weighted by Crippen LogP contribution is 2.27. The highest BCUT2D eigenvalue weighted by molar-refractivity contribution is 9.10. The van der Waals surface area contributed by atoms with Gasteiger partial charge in [0.2, 0.25) is 0 Å². The largest absolute Gasteiger partial charge is 0.393 e. The lowest BCUT2D eigenvalue weighted by molar-refractivity contribution is 0.138. The van der Waals surface area contributed by atoms with Gasteiger partial charge in [0.25, 0.3) is 0 Å². The van der Waals surface area contributed by atoms with Crippen LogP contribution in [0, 0.1) is 11.7 Å². The van der Waals surface area contributed by atoms with Gasteiger partial charge in [-0.05, 0) is 54.4 Å². The summed E-state index contributed by atoms with van der Waals surface area (Å²) in [5.74, 6) is 2.77. The van der Waals surface area contributed by atoms with E-state index in [1.807, 2.05) is 17.8 Å². The van der Waals surface area contributed by atoms with Crippen molar-refractivity contribution in [1.29, 1.82) is 0 Å². The summed E-state index contributed by atoms with van der Waals surface area (Å²) in [4.78, 5) is 0. The fraction of sp³-hybridized carbons (Fsp3) is 0.571. The first kappa shape index (κ1) is 14.4. The van der Waals surface area contributed by atoms with Crippen LogP contribution in [0.5, 0.6) is 0 Å². The van der Waals surface area contributed by atoms with E-state index in [4.69, 9.17) is 0 Å². The minimum Gasteiger partial charge on any atom is -0.393 e. The third-order valence-corrected chi connectivity index (χ3v) is 4.96. The molecule has 1 aliphatic rings. The first-order valence-corrected chi connectivity index (χ1v) is 8.29. The normalized spacial score (nSPS) is 18.8. The number of hydrogen-bond donors (Lipinski definition) is 1. The summed E-state index contributed by atoms with van der Waals surface area (Å²) in [6.45, 7) is 0. The molecule has 0 aromatic heterocycles. The summed E-state index contributed by atoms with van der Waals surface area (Å²) in [7, 11) is 0. The third-order valence-electron chi connectivity index (χ3n) is 3.42. The SMILES string of the molecule is OC(Cc1ccc(Br)cc1F)CC1CCSCC1. The smallest absolute Gasteiger partial charge is 0.127 e. The van der Waals surface area contributed by atoms with Gasteiger partial charge in [0.1, 0.15) is 5.82 Å². The second kappa shape index (κ2) is 6.92. The fourth-order valence-corrected chi connectivity index (χ4v) is 3.93. The van der Waals surface area contributed by atoms with E-state index in [9.17, 15) is 9.50 Å². The van der Waals surface area contributed by atoms with Crippen molar-refractivity contribution in [3.05, 3.63) is 34.1 Å². The van der Waals surface area contributed by atoms with Crippen molar-refractivity contribution in [3.63, 3.8) is 0 Å². The maximum absolute atomic E-state index is 13.6. The maximum atomic E-state index is 13.6. The van der Waals surface area contributed by atoms with Gasteiger partial charge in [0, 0.05) is 10.9 Å². The van der Waals surface area contributed by atoms with Gasteiger partial charge in [-0.1, -0.05) is 22.0 Å². The van der Waals surface area contributed by atoms with Gasteiger partial charge in [-0.25, -0.2) is 4.39 Å². The fourth-order valence-electron chi connectivity index (χ4n) is 2.39. The Morgan fingerprint density at radius 3 is 2.78 bits per heavy atom. The number of benzene rings is 1. The van der Waals surface area contributed by atoms with Crippen molar-refractivity contribution >= 4 is 27.7 Å². The molecule has 0 spiro atoms. The minimum atomic E-state index is -0.422. The molecule has 1 atom stereocenters. The summed E-state index contributed by atoms with van der Waals surface area (Å²) in [6, 6.07) is 5.03. The van der Waals surface area contributed by atoms with Crippen molar-refractivity contribution in [2.45, 2.75) is 31.8 Å². The molecule has 1 nitrogen and oxygen atoms in total. The predicted octanol–water partition coefficient (Wildman–Crippen LogP) is 4.02. The van der Waals surface area contributed by atoms with E-state index < -0.39 is 6.10 Å². The Morgan fingerprint density at radius 1 is 1.39 bits per heavy atom. The zero-order chi connectivity index (χ0) is 13.0. The first-order valence-electron chi connectivity index (χ1n) is 6.35. The van der Waals surface area contributed by atoms with E-state index in [1.165, 1.54) is 30.4 Å². The Hall–Kier alpha value is -0.0600.